The molecule has 0 amide bonds. The second-order valence-corrected chi connectivity index (χ2v) is 5.86. The Morgan fingerprint density at radius 2 is 2.06 bits per heavy atom. The lowest BCUT2D eigenvalue weighted by atomic mass is 10.1. The molecule has 0 aromatic carbocycles. The van der Waals surface area contributed by atoms with Gasteiger partial charge in [0, 0.05) is 44.8 Å². The molecule has 2 saturated heterocycles. The Balaban J connectivity index is 1.74. The molecule has 2 unspecified atom stereocenters. The molecule has 2 heterocycles. The summed E-state index contributed by atoms with van der Waals surface area (Å²) in [5, 5.41) is 3.51. The van der Waals surface area contributed by atoms with Crippen molar-refractivity contribution >= 4 is 0 Å². The maximum Gasteiger partial charge on any atom is 0.0167 e. The van der Waals surface area contributed by atoms with Crippen LogP contribution in [0.5, 0.6) is 0 Å². The Morgan fingerprint density at radius 3 is 2.69 bits per heavy atom. The van der Waals surface area contributed by atoms with E-state index in [0.29, 0.717) is 6.04 Å². The van der Waals surface area contributed by atoms with E-state index in [0.717, 1.165) is 12.0 Å². The van der Waals surface area contributed by atoms with E-state index in [1.165, 1.54) is 45.7 Å². The zero-order valence-corrected chi connectivity index (χ0v) is 11.1. The van der Waals surface area contributed by atoms with Crippen molar-refractivity contribution in [3.63, 3.8) is 0 Å². The third-order valence-electron chi connectivity index (χ3n) is 4.02. The second-order valence-electron chi connectivity index (χ2n) is 5.86. The van der Waals surface area contributed by atoms with Gasteiger partial charge in [-0.2, -0.15) is 0 Å². The predicted molar refractivity (Wildman–Crippen MR) is 68.7 cm³/mol. The number of rotatable bonds is 3. The number of piperazine rings is 1. The Hall–Kier alpha value is -0.120. The monoisotopic (exact) mass is 225 g/mol. The minimum absolute atomic E-state index is 0.677. The van der Waals surface area contributed by atoms with Gasteiger partial charge in [0.15, 0.2) is 0 Å². The Bertz CT molecular complexity index is 217. The quantitative estimate of drug-likeness (QED) is 0.773. The SMILES string of the molecule is CC1CN(CC2CCN(C(C)C)C2)CCN1. The summed E-state index contributed by atoms with van der Waals surface area (Å²) >= 11 is 0. The van der Waals surface area contributed by atoms with Crippen LogP contribution in [-0.2, 0) is 0 Å². The lowest BCUT2D eigenvalue weighted by Crippen LogP contribution is -2.50. The van der Waals surface area contributed by atoms with E-state index in [1.54, 1.807) is 0 Å². The highest BCUT2D eigenvalue weighted by atomic mass is 15.2. The first kappa shape index (κ1) is 12.3. The minimum Gasteiger partial charge on any atom is -0.312 e. The van der Waals surface area contributed by atoms with Crippen LogP contribution >= 0.6 is 0 Å². The summed E-state index contributed by atoms with van der Waals surface area (Å²) < 4.78 is 0. The molecule has 0 aromatic rings. The highest BCUT2D eigenvalue weighted by Gasteiger charge is 2.26. The molecule has 0 radical (unpaired) electrons. The average molecular weight is 225 g/mol. The van der Waals surface area contributed by atoms with Gasteiger partial charge in [0.05, 0.1) is 0 Å². The zero-order chi connectivity index (χ0) is 11.5. The van der Waals surface area contributed by atoms with Gasteiger partial charge < -0.3 is 15.1 Å². The number of nitrogens with zero attached hydrogens (tertiary/aromatic N) is 2. The summed E-state index contributed by atoms with van der Waals surface area (Å²) in [6.45, 7) is 14.5. The summed E-state index contributed by atoms with van der Waals surface area (Å²) in [5.74, 6) is 0.910. The summed E-state index contributed by atoms with van der Waals surface area (Å²) in [6, 6.07) is 1.41. The number of likely N-dealkylation sites (tertiary alicyclic amines) is 1. The second kappa shape index (κ2) is 5.48. The fraction of sp³-hybridized carbons (Fsp3) is 1.00. The van der Waals surface area contributed by atoms with Crippen LogP contribution in [0.25, 0.3) is 0 Å². The predicted octanol–water partition coefficient (Wildman–Crippen LogP) is 1.01. The number of nitrogens with one attached hydrogen (secondary N) is 1. The van der Waals surface area contributed by atoms with Crippen LogP contribution in [0.15, 0.2) is 0 Å². The molecule has 0 spiro atoms. The molecule has 3 nitrogen and oxygen atoms in total. The Labute approximate surface area is 100 Å². The van der Waals surface area contributed by atoms with E-state index in [1.807, 2.05) is 0 Å². The van der Waals surface area contributed by atoms with Gasteiger partial charge in [-0.3, -0.25) is 0 Å². The van der Waals surface area contributed by atoms with Crippen molar-refractivity contribution in [1.82, 2.24) is 15.1 Å². The smallest absolute Gasteiger partial charge is 0.0167 e. The molecular weight excluding hydrogens is 198 g/mol. The molecule has 2 aliphatic heterocycles. The van der Waals surface area contributed by atoms with Crippen molar-refractivity contribution < 1.29 is 0 Å². The van der Waals surface area contributed by atoms with Crippen LogP contribution in [0.1, 0.15) is 27.2 Å². The lowest BCUT2D eigenvalue weighted by molar-refractivity contribution is 0.174. The topological polar surface area (TPSA) is 18.5 Å². The van der Waals surface area contributed by atoms with Gasteiger partial charge in [0.1, 0.15) is 0 Å². The number of hydrogen-bond donors (Lipinski definition) is 1. The molecule has 16 heavy (non-hydrogen) atoms. The van der Waals surface area contributed by atoms with Crippen molar-refractivity contribution in [2.24, 2.45) is 5.92 Å². The molecular formula is C13H27N3. The molecule has 2 atom stereocenters. The van der Waals surface area contributed by atoms with Gasteiger partial charge in [-0.05, 0) is 39.7 Å². The first-order chi connectivity index (χ1) is 7.65. The molecule has 1 N–H and O–H groups in total. The molecule has 2 aliphatic rings. The summed E-state index contributed by atoms with van der Waals surface area (Å²) in [5.41, 5.74) is 0. The lowest BCUT2D eigenvalue weighted by Gasteiger charge is -2.33. The van der Waals surface area contributed by atoms with Crippen LogP contribution in [0.4, 0.5) is 0 Å². The molecule has 0 aliphatic carbocycles. The van der Waals surface area contributed by atoms with E-state index in [9.17, 15) is 0 Å². The maximum absolute atomic E-state index is 3.51. The molecule has 0 bridgehead atoms. The largest absolute Gasteiger partial charge is 0.312 e. The van der Waals surface area contributed by atoms with E-state index in [-0.39, 0.29) is 0 Å². The molecule has 0 saturated carbocycles. The van der Waals surface area contributed by atoms with E-state index in [2.05, 4.69) is 35.9 Å². The minimum atomic E-state index is 0.677. The molecule has 94 valence electrons. The Kier molecular flexibility index (Phi) is 4.22. The summed E-state index contributed by atoms with van der Waals surface area (Å²) in [6.07, 6.45) is 1.40. The first-order valence-corrected chi connectivity index (χ1v) is 6.85. The van der Waals surface area contributed by atoms with Crippen molar-refractivity contribution in [1.29, 1.82) is 0 Å². The first-order valence-electron chi connectivity index (χ1n) is 6.85. The van der Waals surface area contributed by atoms with Crippen LogP contribution in [0, 0.1) is 5.92 Å². The van der Waals surface area contributed by atoms with Crippen LogP contribution in [-0.4, -0.2) is 61.2 Å². The van der Waals surface area contributed by atoms with Crippen LogP contribution in [0.3, 0.4) is 0 Å². The summed E-state index contributed by atoms with van der Waals surface area (Å²) in [4.78, 5) is 5.27. The number of hydrogen-bond acceptors (Lipinski definition) is 3. The molecule has 2 fully saturated rings. The van der Waals surface area contributed by atoms with Crippen LogP contribution < -0.4 is 5.32 Å². The maximum atomic E-state index is 3.51. The average Bonchev–Trinajstić information content (AvgIpc) is 2.66. The van der Waals surface area contributed by atoms with E-state index >= 15 is 0 Å². The van der Waals surface area contributed by atoms with Crippen LogP contribution in [0.2, 0.25) is 0 Å². The molecule has 3 heteroatoms. The molecule has 2 rings (SSSR count). The normalized spacial score (nSPS) is 33.8. The van der Waals surface area contributed by atoms with E-state index in [4.69, 9.17) is 0 Å². The Morgan fingerprint density at radius 1 is 1.25 bits per heavy atom. The van der Waals surface area contributed by atoms with Gasteiger partial charge in [0.2, 0.25) is 0 Å². The zero-order valence-electron chi connectivity index (χ0n) is 11.1. The fourth-order valence-corrected chi connectivity index (χ4v) is 3.02. The van der Waals surface area contributed by atoms with Gasteiger partial charge in [-0.1, -0.05) is 0 Å². The van der Waals surface area contributed by atoms with Gasteiger partial charge >= 0.3 is 0 Å². The van der Waals surface area contributed by atoms with Crippen molar-refractivity contribution in [2.45, 2.75) is 39.3 Å². The highest BCUT2D eigenvalue weighted by Crippen LogP contribution is 2.19. The van der Waals surface area contributed by atoms with Gasteiger partial charge in [-0.15, -0.1) is 0 Å². The standard InChI is InChI=1S/C13H27N3/c1-11(2)16-6-4-13(10-16)9-15-7-5-14-12(3)8-15/h11-14H,4-10H2,1-3H3. The van der Waals surface area contributed by atoms with Crippen molar-refractivity contribution in [2.75, 3.05) is 39.3 Å². The van der Waals surface area contributed by atoms with Gasteiger partial charge in [-0.25, -0.2) is 0 Å². The molecule has 0 aromatic heterocycles. The third-order valence-corrected chi connectivity index (χ3v) is 4.02. The van der Waals surface area contributed by atoms with Crippen molar-refractivity contribution in [3.05, 3.63) is 0 Å². The highest BCUT2D eigenvalue weighted by molar-refractivity contribution is 4.83. The third kappa shape index (κ3) is 3.19. The van der Waals surface area contributed by atoms with E-state index < -0.39 is 0 Å². The van der Waals surface area contributed by atoms with Gasteiger partial charge in [0.25, 0.3) is 0 Å². The fourth-order valence-electron chi connectivity index (χ4n) is 3.02. The van der Waals surface area contributed by atoms with Crippen molar-refractivity contribution in [3.8, 4) is 0 Å². The summed E-state index contributed by atoms with van der Waals surface area (Å²) in [7, 11) is 0.